The molecule has 7 heteroatoms. The molecule has 21 heavy (non-hydrogen) atoms. The molecule has 120 valence electrons. The normalized spacial score (nSPS) is 15.0. The molecule has 0 heterocycles. The first kappa shape index (κ1) is 17.7. The second-order valence-electron chi connectivity index (χ2n) is 5.52. The highest BCUT2D eigenvalue weighted by Gasteiger charge is 2.25. The van der Waals surface area contributed by atoms with E-state index in [4.69, 9.17) is 10.8 Å². The Morgan fingerprint density at radius 3 is 2.48 bits per heavy atom. The summed E-state index contributed by atoms with van der Waals surface area (Å²) in [7, 11) is -0.648. The Kier molecular flexibility index (Phi) is 5.61. The van der Waals surface area contributed by atoms with Crippen molar-refractivity contribution in [3.63, 3.8) is 0 Å². The first-order chi connectivity index (χ1) is 9.68. The van der Waals surface area contributed by atoms with Gasteiger partial charge in [-0.05, 0) is 31.9 Å². The molecule has 0 amide bonds. The summed E-state index contributed by atoms with van der Waals surface area (Å²) in [5.74, 6) is 0. The van der Waals surface area contributed by atoms with Crippen molar-refractivity contribution in [2.24, 2.45) is 0 Å². The van der Waals surface area contributed by atoms with Crippen LogP contribution in [0.1, 0.15) is 26.7 Å². The Morgan fingerprint density at radius 1 is 1.38 bits per heavy atom. The number of aliphatic hydroxyl groups excluding tert-OH is 1. The molecule has 4 N–H and O–H groups in total. The average Bonchev–Trinajstić information content (AvgIpc) is 2.41. The van der Waals surface area contributed by atoms with E-state index in [2.05, 4.69) is 5.32 Å². The standard InChI is InChI=1S/C14H25N3O3S/c1-5-14(2,9-10-18)16-11-7-6-8-12(13(11)15)21(19,20)17(3)4/h6-8,16,18H,5,9-10,15H2,1-4H3. The fourth-order valence-corrected chi connectivity index (χ4v) is 3.01. The molecule has 0 aliphatic rings. The Hall–Kier alpha value is -1.31. The van der Waals surface area contributed by atoms with Gasteiger partial charge in [0.25, 0.3) is 0 Å². The number of nitrogen functional groups attached to an aromatic ring is 1. The van der Waals surface area contributed by atoms with Crippen molar-refractivity contribution in [1.29, 1.82) is 0 Å². The number of nitrogens with zero attached hydrogens (tertiary/aromatic N) is 1. The maximum absolute atomic E-state index is 12.2. The Labute approximate surface area is 127 Å². The molecule has 0 aliphatic heterocycles. The van der Waals surface area contributed by atoms with Crippen molar-refractivity contribution in [3.8, 4) is 0 Å². The van der Waals surface area contributed by atoms with Gasteiger partial charge in [-0.25, -0.2) is 12.7 Å². The summed E-state index contributed by atoms with van der Waals surface area (Å²) in [6.45, 7) is 4.02. The van der Waals surface area contributed by atoms with E-state index in [9.17, 15) is 8.42 Å². The number of para-hydroxylation sites is 1. The summed E-state index contributed by atoms with van der Waals surface area (Å²) in [5.41, 5.74) is 6.45. The maximum atomic E-state index is 12.2. The molecular formula is C14H25N3O3S. The van der Waals surface area contributed by atoms with Crippen molar-refractivity contribution < 1.29 is 13.5 Å². The fraction of sp³-hybridized carbons (Fsp3) is 0.571. The lowest BCUT2D eigenvalue weighted by atomic mass is 9.94. The minimum Gasteiger partial charge on any atom is -0.396 e. The van der Waals surface area contributed by atoms with Crippen LogP contribution in [0.3, 0.4) is 0 Å². The van der Waals surface area contributed by atoms with Gasteiger partial charge in [0, 0.05) is 26.2 Å². The second-order valence-corrected chi connectivity index (χ2v) is 7.64. The lowest BCUT2D eigenvalue weighted by molar-refractivity contribution is 0.252. The Bertz CT molecular complexity index is 587. The van der Waals surface area contributed by atoms with Gasteiger partial charge in [-0.15, -0.1) is 0 Å². The first-order valence-corrected chi connectivity index (χ1v) is 8.32. The molecule has 1 rings (SSSR count). The minimum atomic E-state index is -3.59. The van der Waals surface area contributed by atoms with E-state index in [0.29, 0.717) is 12.1 Å². The van der Waals surface area contributed by atoms with Crippen molar-refractivity contribution in [2.75, 3.05) is 31.8 Å². The number of anilines is 2. The smallest absolute Gasteiger partial charge is 0.244 e. The number of nitrogens with one attached hydrogen (secondary N) is 1. The first-order valence-electron chi connectivity index (χ1n) is 6.88. The minimum absolute atomic E-state index is 0.0485. The predicted octanol–water partition coefficient (Wildman–Crippen LogP) is 1.48. The number of sulfonamides is 1. The molecule has 0 radical (unpaired) electrons. The summed E-state index contributed by atoms with van der Waals surface area (Å²) in [6.07, 6.45) is 1.32. The molecule has 0 aromatic heterocycles. The van der Waals surface area contributed by atoms with Crippen LogP contribution in [0.2, 0.25) is 0 Å². The lowest BCUT2D eigenvalue weighted by Crippen LogP contribution is -2.35. The number of aliphatic hydroxyl groups is 1. The monoisotopic (exact) mass is 315 g/mol. The molecule has 0 bridgehead atoms. The fourth-order valence-electron chi connectivity index (χ4n) is 1.97. The number of nitrogens with two attached hydrogens (primary N) is 1. The molecule has 0 fully saturated rings. The lowest BCUT2D eigenvalue weighted by Gasteiger charge is -2.31. The van der Waals surface area contributed by atoms with Crippen molar-refractivity contribution in [1.82, 2.24) is 4.31 Å². The molecule has 1 unspecified atom stereocenters. The van der Waals surface area contributed by atoms with Crippen molar-refractivity contribution in [2.45, 2.75) is 37.1 Å². The Balaban J connectivity index is 3.24. The van der Waals surface area contributed by atoms with E-state index in [0.717, 1.165) is 10.7 Å². The number of hydrogen-bond donors (Lipinski definition) is 3. The van der Waals surface area contributed by atoms with Gasteiger partial charge < -0.3 is 16.2 Å². The highest BCUT2D eigenvalue weighted by atomic mass is 32.2. The highest BCUT2D eigenvalue weighted by molar-refractivity contribution is 7.89. The van der Waals surface area contributed by atoms with Gasteiger partial charge in [0.1, 0.15) is 4.90 Å². The van der Waals surface area contributed by atoms with Crippen LogP contribution in [-0.2, 0) is 10.0 Å². The van der Waals surface area contributed by atoms with Crippen molar-refractivity contribution in [3.05, 3.63) is 18.2 Å². The molecule has 0 saturated carbocycles. The SMILES string of the molecule is CCC(C)(CCO)Nc1cccc(S(=O)(=O)N(C)C)c1N. The third-order valence-corrected chi connectivity index (χ3v) is 5.58. The van der Waals surface area contributed by atoms with Gasteiger partial charge in [0.15, 0.2) is 0 Å². The summed E-state index contributed by atoms with van der Waals surface area (Å²) >= 11 is 0. The van der Waals surface area contributed by atoms with Gasteiger partial charge in [-0.3, -0.25) is 0 Å². The molecule has 1 aromatic rings. The topological polar surface area (TPSA) is 95.7 Å². The quantitative estimate of drug-likeness (QED) is 0.662. The summed E-state index contributed by atoms with van der Waals surface area (Å²) in [6, 6.07) is 4.89. The van der Waals surface area contributed by atoms with Crippen LogP contribution in [0, 0.1) is 0 Å². The van der Waals surface area contributed by atoms with E-state index in [1.807, 2.05) is 13.8 Å². The van der Waals surface area contributed by atoms with Gasteiger partial charge in [-0.2, -0.15) is 0 Å². The zero-order valence-corrected chi connectivity index (χ0v) is 13.9. The van der Waals surface area contributed by atoms with E-state index >= 15 is 0 Å². The molecule has 0 spiro atoms. The van der Waals surface area contributed by atoms with E-state index in [1.54, 1.807) is 12.1 Å². The van der Waals surface area contributed by atoms with Gasteiger partial charge >= 0.3 is 0 Å². The molecule has 1 atom stereocenters. The van der Waals surface area contributed by atoms with Crippen LogP contribution in [0.15, 0.2) is 23.1 Å². The zero-order valence-electron chi connectivity index (χ0n) is 13.0. The predicted molar refractivity (Wildman–Crippen MR) is 85.7 cm³/mol. The molecule has 6 nitrogen and oxygen atoms in total. The zero-order chi connectivity index (χ0) is 16.3. The van der Waals surface area contributed by atoms with Gasteiger partial charge in [0.2, 0.25) is 10.0 Å². The summed E-state index contributed by atoms with van der Waals surface area (Å²) in [4.78, 5) is 0.0833. The van der Waals surface area contributed by atoms with E-state index in [-0.39, 0.29) is 22.7 Å². The number of rotatable bonds is 7. The Morgan fingerprint density at radius 2 is 2.00 bits per heavy atom. The van der Waals surface area contributed by atoms with E-state index < -0.39 is 10.0 Å². The third-order valence-electron chi connectivity index (χ3n) is 3.71. The molecule has 1 aromatic carbocycles. The maximum Gasteiger partial charge on any atom is 0.244 e. The summed E-state index contributed by atoms with van der Waals surface area (Å²) in [5, 5.41) is 12.4. The van der Waals surface area contributed by atoms with Crippen LogP contribution >= 0.6 is 0 Å². The van der Waals surface area contributed by atoms with Crippen LogP contribution in [0.5, 0.6) is 0 Å². The molecular weight excluding hydrogens is 290 g/mol. The van der Waals surface area contributed by atoms with Crippen LogP contribution in [0.25, 0.3) is 0 Å². The van der Waals surface area contributed by atoms with E-state index in [1.165, 1.54) is 20.2 Å². The summed E-state index contributed by atoms with van der Waals surface area (Å²) < 4.78 is 25.6. The largest absolute Gasteiger partial charge is 0.396 e. The molecule has 0 aliphatic carbocycles. The average molecular weight is 315 g/mol. The van der Waals surface area contributed by atoms with Crippen molar-refractivity contribution >= 4 is 21.4 Å². The molecule has 0 saturated heterocycles. The number of hydrogen-bond acceptors (Lipinski definition) is 5. The van der Waals surface area contributed by atoms with Crippen LogP contribution in [-0.4, -0.2) is 44.1 Å². The second kappa shape index (κ2) is 6.64. The van der Waals surface area contributed by atoms with Crippen LogP contribution in [0.4, 0.5) is 11.4 Å². The number of benzene rings is 1. The highest BCUT2D eigenvalue weighted by Crippen LogP contribution is 2.31. The third kappa shape index (κ3) is 3.87. The van der Waals surface area contributed by atoms with Gasteiger partial charge in [-0.1, -0.05) is 13.0 Å². The van der Waals surface area contributed by atoms with Gasteiger partial charge in [0.05, 0.1) is 11.4 Å². The van der Waals surface area contributed by atoms with Crippen LogP contribution < -0.4 is 11.1 Å².